The van der Waals surface area contributed by atoms with Crippen molar-refractivity contribution in [1.82, 2.24) is 19.7 Å². The maximum absolute atomic E-state index is 12.7. The largest absolute Gasteiger partial charge is 0.380 e. The van der Waals surface area contributed by atoms with E-state index in [1.165, 1.54) is 12.8 Å². The molecule has 1 aromatic heterocycles. The van der Waals surface area contributed by atoms with E-state index in [4.69, 9.17) is 9.47 Å². The number of hydrogen-bond donors (Lipinski definition) is 0. The average Bonchev–Trinajstić information content (AvgIpc) is 3.19. The van der Waals surface area contributed by atoms with E-state index in [0.717, 1.165) is 31.0 Å². The molecule has 1 saturated heterocycles. The standard InChI is InChI=1S/C17H28N4O3/c1-12-4-6-13(7-5-12)24-10-16(22)21-9-14(23-3)8-15(21)17-19-18-11-20(17)2/h11-15H,4-10H2,1-3H3/t12?,13?,14-,15+/m1/s1. The lowest BCUT2D eigenvalue weighted by Gasteiger charge is -2.28. The summed E-state index contributed by atoms with van der Waals surface area (Å²) in [5.74, 6) is 1.59. The number of aryl methyl sites for hydroxylation is 1. The van der Waals surface area contributed by atoms with Crippen LogP contribution in [0, 0.1) is 5.92 Å². The third-order valence-electron chi connectivity index (χ3n) is 5.37. The Morgan fingerprint density at radius 1 is 1.29 bits per heavy atom. The molecule has 2 atom stereocenters. The minimum Gasteiger partial charge on any atom is -0.380 e. The molecule has 134 valence electrons. The first-order chi connectivity index (χ1) is 11.6. The van der Waals surface area contributed by atoms with Crippen LogP contribution in [-0.4, -0.2) is 58.0 Å². The molecule has 2 fully saturated rings. The van der Waals surface area contributed by atoms with Crippen LogP contribution in [-0.2, 0) is 21.3 Å². The van der Waals surface area contributed by atoms with Gasteiger partial charge in [0.2, 0.25) is 5.91 Å². The summed E-state index contributed by atoms with van der Waals surface area (Å²) < 4.78 is 13.2. The highest BCUT2D eigenvalue weighted by atomic mass is 16.5. The number of hydrogen-bond acceptors (Lipinski definition) is 5. The molecular weight excluding hydrogens is 308 g/mol. The van der Waals surface area contributed by atoms with Gasteiger partial charge in [0, 0.05) is 27.1 Å². The minimum atomic E-state index is -0.0927. The first kappa shape index (κ1) is 17.4. The first-order valence-electron chi connectivity index (χ1n) is 8.86. The highest BCUT2D eigenvalue weighted by Gasteiger charge is 2.38. The second kappa shape index (κ2) is 7.61. The number of likely N-dealkylation sites (tertiary alicyclic amines) is 1. The van der Waals surface area contributed by atoms with Gasteiger partial charge in [-0.2, -0.15) is 0 Å². The molecule has 1 aliphatic heterocycles. The normalized spacial score (nSPS) is 30.7. The van der Waals surface area contributed by atoms with Gasteiger partial charge >= 0.3 is 0 Å². The lowest BCUT2D eigenvalue weighted by molar-refractivity contribution is -0.140. The molecular formula is C17H28N4O3. The van der Waals surface area contributed by atoms with Gasteiger partial charge in [-0.05, 0) is 31.6 Å². The van der Waals surface area contributed by atoms with Crippen molar-refractivity contribution in [3.8, 4) is 0 Å². The zero-order valence-corrected chi connectivity index (χ0v) is 14.9. The fourth-order valence-electron chi connectivity index (χ4n) is 3.75. The number of nitrogens with zero attached hydrogens (tertiary/aromatic N) is 4. The Labute approximate surface area is 143 Å². The number of amides is 1. The summed E-state index contributed by atoms with van der Waals surface area (Å²) in [6, 6.07) is -0.0927. The lowest BCUT2D eigenvalue weighted by atomic mass is 9.89. The Bertz CT molecular complexity index is 554. The summed E-state index contributed by atoms with van der Waals surface area (Å²) in [5.41, 5.74) is 0. The summed E-state index contributed by atoms with van der Waals surface area (Å²) in [6.07, 6.45) is 7.16. The highest BCUT2D eigenvalue weighted by Crippen LogP contribution is 2.32. The van der Waals surface area contributed by atoms with E-state index in [-0.39, 0.29) is 30.8 Å². The molecule has 7 nitrogen and oxygen atoms in total. The van der Waals surface area contributed by atoms with Crippen LogP contribution in [0.2, 0.25) is 0 Å². The van der Waals surface area contributed by atoms with Crippen molar-refractivity contribution in [1.29, 1.82) is 0 Å². The Balaban J connectivity index is 1.60. The molecule has 1 saturated carbocycles. The fraction of sp³-hybridized carbons (Fsp3) is 0.824. The van der Waals surface area contributed by atoms with Crippen molar-refractivity contribution in [2.45, 2.75) is 57.3 Å². The Morgan fingerprint density at radius 2 is 2.04 bits per heavy atom. The number of aromatic nitrogens is 3. The Kier molecular flexibility index (Phi) is 5.50. The number of carbonyl (C=O) groups is 1. The van der Waals surface area contributed by atoms with Crippen LogP contribution in [0.1, 0.15) is 50.9 Å². The number of carbonyl (C=O) groups excluding carboxylic acids is 1. The van der Waals surface area contributed by atoms with Gasteiger partial charge in [0.05, 0.1) is 18.2 Å². The highest BCUT2D eigenvalue weighted by molar-refractivity contribution is 5.78. The number of rotatable bonds is 5. The molecule has 3 rings (SSSR count). The molecule has 0 aromatic carbocycles. The van der Waals surface area contributed by atoms with Crippen LogP contribution in [0.5, 0.6) is 0 Å². The molecule has 0 N–H and O–H groups in total. The van der Waals surface area contributed by atoms with E-state index in [1.807, 2.05) is 16.5 Å². The molecule has 1 aromatic rings. The first-order valence-corrected chi connectivity index (χ1v) is 8.86. The fourth-order valence-corrected chi connectivity index (χ4v) is 3.75. The van der Waals surface area contributed by atoms with E-state index in [2.05, 4.69) is 17.1 Å². The van der Waals surface area contributed by atoms with Crippen LogP contribution in [0.3, 0.4) is 0 Å². The third kappa shape index (κ3) is 3.78. The smallest absolute Gasteiger partial charge is 0.249 e. The minimum absolute atomic E-state index is 0.0150. The quantitative estimate of drug-likeness (QED) is 0.818. The van der Waals surface area contributed by atoms with E-state index in [1.54, 1.807) is 13.4 Å². The second-order valence-electron chi connectivity index (χ2n) is 7.15. The van der Waals surface area contributed by atoms with Crippen LogP contribution in [0.25, 0.3) is 0 Å². The Hall–Kier alpha value is -1.47. The van der Waals surface area contributed by atoms with Crippen LogP contribution < -0.4 is 0 Å². The third-order valence-corrected chi connectivity index (χ3v) is 5.37. The average molecular weight is 336 g/mol. The molecule has 0 bridgehead atoms. The van der Waals surface area contributed by atoms with E-state index >= 15 is 0 Å². The topological polar surface area (TPSA) is 69.5 Å². The van der Waals surface area contributed by atoms with Crippen molar-refractivity contribution < 1.29 is 14.3 Å². The van der Waals surface area contributed by atoms with Gasteiger partial charge in [-0.15, -0.1) is 10.2 Å². The Morgan fingerprint density at radius 3 is 2.67 bits per heavy atom. The maximum atomic E-state index is 12.7. The van der Waals surface area contributed by atoms with Crippen LogP contribution in [0.4, 0.5) is 0 Å². The van der Waals surface area contributed by atoms with Crippen LogP contribution >= 0.6 is 0 Å². The van der Waals surface area contributed by atoms with Gasteiger partial charge in [0.15, 0.2) is 5.82 Å². The van der Waals surface area contributed by atoms with E-state index in [0.29, 0.717) is 6.54 Å². The molecule has 1 amide bonds. The predicted octanol–water partition coefficient (Wildman–Crippen LogP) is 1.70. The van der Waals surface area contributed by atoms with Crippen molar-refractivity contribution in [2.24, 2.45) is 13.0 Å². The van der Waals surface area contributed by atoms with Crippen molar-refractivity contribution in [3.05, 3.63) is 12.2 Å². The SMILES string of the molecule is CO[C@@H]1C[C@@H](c2nncn2C)N(C(=O)COC2CCC(C)CC2)C1. The molecule has 24 heavy (non-hydrogen) atoms. The lowest BCUT2D eigenvalue weighted by Crippen LogP contribution is -2.37. The molecule has 0 radical (unpaired) electrons. The number of ether oxygens (including phenoxy) is 2. The van der Waals surface area contributed by atoms with Gasteiger partial charge in [-0.25, -0.2) is 0 Å². The van der Waals surface area contributed by atoms with Crippen molar-refractivity contribution >= 4 is 5.91 Å². The molecule has 0 spiro atoms. The molecule has 0 unspecified atom stereocenters. The van der Waals surface area contributed by atoms with Gasteiger partial charge in [0.1, 0.15) is 12.9 Å². The van der Waals surface area contributed by atoms with Gasteiger partial charge < -0.3 is 18.9 Å². The summed E-state index contributed by atoms with van der Waals surface area (Å²) in [5, 5.41) is 8.12. The van der Waals surface area contributed by atoms with Gasteiger partial charge in [-0.3, -0.25) is 4.79 Å². The van der Waals surface area contributed by atoms with E-state index in [9.17, 15) is 4.79 Å². The van der Waals surface area contributed by atoms with Gasteiger partial charge in [-0.1, -0.05) is 6.92 Å². The van der Waals surface area contributed by atoms with Crippen molar-refractivity contribution in [2.75, 3.05) is 20.3 Å². The molecule has 2 heterocycles. The van der Waals surface area contributed by atoms with E-state index < -0.39 is 0 Å². The molecule has 2 aliphatic rings. The summed E-state index contributed by atoms with van der Waals surface area (Å²) in [6.45, 7) is 3.00. The zero-order valence-electron chi connectivity index (χ0n) is 14.9. The van der Waals surface area contributed by atoms with Crippen LogP contribution in [0.15, 0.2) is 6.33 Å². The zero-order chi connectivity index (χ0) is 17.1. The second-order valence-corrected chi connectivity index (χ2v) is 7.15. The maximum Gasteiger partial charge on any atom is 0.249 e. The number of methoxy groups -OCH3 is 1. The monoisotopic (exact) mass is 336 g/mol. The summed E-state index contributed by atoms with van der Waals surface area (Å²) >= 11 is 0. The summed E-state index contributed by atoms with van der Waals surface area (Å²) in [7, 11) is 3.59. The van der Waals surface area contributed by atoms with Crippen molar-refractivity contribution in [3.63, 3.8) is 0 Å². The predicted molar refractivity (Wildman–Crippen MR) is 88.2 cm³/mol. The molecule has 7 heteroatoms. The van der Waals surface area contributed by atoms with Gasteiger partial charge in [0.25, 0.3) is 0 Å². The molecule has 1 aliphatic carbocycles. The summed E-state index contributed by atoms with van der Waals surface area (Å²) in [4.78, 5) is 14.6.